The Morgan fingerprint density at radius 3 is 2.56 bits per heavy atom. The Morgan fingerprint density at radius 1 is 1.29 bits per heavy atom. The molecule has 3 aliphatic rings. The second-order valence-electron chi connectivity index (χ2n) is 9.52. The molecule has 4 rings (SSSR count). The normalized spacial score (nSPS) is 29.8. The summed E-state index contributed by atoms with van der Waals surface area (Å²) in [5.74, 6) is -2.27. The zero-order valence-electron chi connectivity index (χ0n) is 19.6. The number of amides is 2. The third kappa shape index (κ3) is 4.23. The Kier molecular flexibility index (Phi) is 7.01. The SMILES string of the molecule is C[C@@H](O)[C@H]1C(=O)N2C(C(=O)O)=C(S[C@H]3C[C@@H](C(=O)N(C)C)N(Cc4ccccc4Cl)C3)[C@H](C)[C@H]12. The van der Waals surface area contributed by atoms with Gasteiger partial charge in [-0.15, -0.1) is 11.8 Å². The van der Waals surface area contributed by atoms with Crippen LogP contribution in [0.2, 0.25) is 5.02 Å². The number of likely N-dealkylation sites (tertiary alicyclic amines) is 1. The average molecular weight is 508 g/mol. The van der Waals surface area contributed by atoms with Crippen molar-refractivity contribution >= 4 is 41.1 Å². The number of carbonyl (C=O) groups is 3. The number of carboxylic acid groups (broad SMARTS) is 1. The molecule has 0 radical (unpaired) electrons. The summed E-state index contributed by atoms with van der Waals surface area (Å²) in [4.78, 5) is 43.4. The molecule has 0 aromatic heterocycles. The molecule has 1 aromatic carbocycles. The van der Waals surface area contributed by atoms with Crippen molar-refractivity contribution in [3.63, 3.8) is 0 Å². The van der Waals surface area contributed by atoms with Crippen molar-refractivity contribution in [2.75, 3.05) is 20.6 Å². The highest BCUT2D eigenvalue weighted by atomic mass is 35.5. The van der Waals surface area contributed by atoms with Gasteiger partial charge in [-0.05, 0) is 25.0 Å². The topological polar surface area (TPSA) is 101 Å². The van der Waals surface area contributed by atoms with E-state index in [1.807, 2.05) is 31.2 Å². The summed E-state index contributed by atoms with van der Waals surface area (Å²) < 4.78 is 0. The lowest BCUT2D eigenvalue weighted by molar-refractivity contribution is -0.163. The predicted octanol–water partition coefficient (Wildman–Crippen LogP) is 2.26. The molecule has 0 saturated carbocycles. The minimum Gasteiger partial charge on any atom is -0.477 e. The number of aliphatic carboxylic acids is 1. The molecule has 2 N–H and O–H groups in total. The second kappa shape index (κ2) is 9.53. The van der Waals surface area contributed by atoms with E-state index in [1.54, 1.807) is 25.9 Å². The van der Waals surface area contributed by atoms with Crippen LogP contribution in [0, 0.1) is 11.8 Å². The number of benzene rings is 1. The van der Waals surface area contributed by atoms with E-state index in [2.05, 4.69) is 4.90 Å². The summed E-state index contributed by atoms with van der Waals surface area (Å²) in [7, 11) is 3.46. The monoisotopic (exact) mass is 507 g/mol. The highest BCUT2D eigenvalue weighted by molar-refractivity contribution is 8.03. The van der Waals surface area contributed by atoms with Crippen molar-refractivity contribution in [2.45, 2.75) is 50.3 Å². The van der Waals surface area contributed by atoms with E-state index >= 15 is 0 Å². The number of nitrogens with zero attached hydrogens (tertiary/aromatic N) is 3. The summed E-state index contributed by atoms with van der Waals surface area (Å²) in [6, 6.07) is 6.85. The first kappa shape index (κ1) is 25.0. The number of halogens is 1. The molecular formula is C24H30ClN3O5S. The Morgan fingerprint density at radius 2 is 1.97 bits per heavy atom. The molecule has 34 heavy (non-hydrogen) atoms. The molecule has 3 heterocycles. The summed E-state index contributed by atoms with van der Waals surface area (Å²) in [5.41, 5.74) is 0.949. The van der Waals surface area contributed by atoms with E-state index in [0.29, 0.717) is 29.4 Å². The quantitative estimate of drug-likeness (QED) is 0.546. The number of carbonyl (C=O) groups excluding carboxylic acids is 2. The van der Waals surface area contributed by atoms with E-state index < -0.39 is 18.0 Å². The molecule has 0 aliphatic carbocycles. The molecule has 0 spiro atoms. The zero-order valence-corrected chi connectivity index (χ0v) is 21.2. The highest BCUT2D eigenvalue weighted by Gasteiger charge is 2.60. The molecule has 184 valence electrons. The van der Waals surface area contributed by atoms with Gasteiger partial charge < -0.3 is 20.0 Å². The van der Waals surface area contributed by atoms with E-state index in [9.17, 15) is 24.6 Å². The van der Waals surface area contributed by atoms with Gasteiger partial charge >= 0.3 is 5.97 Å². The molecule has 2 amide bonds. The molecule has 0 unspecified atom stereocenters. The van der Waals surface area contributed by atoms with Gasteiger partial charge in [0.15, 0.2) is 0 Å². The maximum Gasteiger partial charge on any atom is 0.353 e. The van der Waals surface area contributed by atoms with Crippen molar-refractivity contribution < 1.29 is 24.6 Å². The number of aliphatic hydroxyl groups excluding tert-OH is 1. The van der Waals surface area contributed by atoms with Crippen molar-refractivity contribution in [1.82, 2.24) is 14.7 Å². The Labute approximate surface area is 208 Å². The van der Waals surface area contributed by atoms with Crippen molar-refractivity contribution in [3.8, 4) is 0 Å². The number of hydrogen-bond acceptors (Lipinski definition) is 6. The summed E-state index contributed by atoms with van der Waals surface area (Å²) in [5, 5.41) is 20.6. The fourth-order valence-corrected chi connectivity index (χ4v) is 7.13. The lowest BCUT2D eigenvalue weighted by Crippen LogP contribution is -2.63. The molecule has 2 fully saturated rings. The van der Waals surface area contributed by atoms with Gasteiger partial charge in [0.2, 0.25) is 11.8 Å². The Balaban J connectivity index is 1.58. The molecular weight excluding hydrogens is 478 g/mol. The number of likely N-dealkylation sites (N-methyl/N-ethyl adjacent to an activating group) is 1. The zero-order chi connectivity index (χ0) is 24.9. The number of fused-ring (bicyclic) bond motifs is 1. The van der Waals surface area contributed by atoms with Crippen molar-refractivity contribution in [1.29, 1.82) is 0 Å². The lowest BCUT2D eigenvalue weighted by Gasteiger charge is -2.46. The minimum atomic E-state index is -1.14. The number of rotatable bonds is 7. The Hall–Kier alpha value is -2.07. The Bertz CT molecular complexity index is 1050. The van der Waals surface area contributed by atoms with Crippen LogP contribution in [-0.4, -0.2) is 86.8 Å². The molecule has 0 bridgehead atoms. The molecule has 3 aliphatic heterocycles. The molecule has 2 saturated heterocycles. The number of carboxylic acids is 1. The average Bonchev–Trinajstić information content (AvgIpc) is 3.26. The fraction of sp³-hybridized carbons (Fsp3) is 0.542. The maximum absolute atomic E-state index is 13.0. The summed E-state index contributed by atoms with van der Waals surface area (Å²) in [6.45, 7) is 4.58. The van der Waals surface area contributed by atoms with E-state index in [0.717, 1.165) is 5.56 Å². The number of hydrogen-bond donors (Lipinski definition) is 2. The van der Waals surface area contributed by atoms with Crippen LogP contribution in [0.3, 0.4) is 0 Å². The minimum absolute atomic E-state index is 0.00442. The van der Waals surface area contributed by atoms with Gasteiger partial charge in [-0.1, -0.05) is 36.7 Å². The first-order valence-corrected chi connectivity index (χ1v) is 12.6. The first-order chi connectivity index (χ1) is 16.0. The van der Waals surface area contributed by atoms with Crippen LogP contribution in [0.4, 0.5) is 0 Å². The summed E-state index contributed by atoms with van der Waals surface area (Å²) >= 11 is 7.83. The fourth-order valence-electron chi connectivity index (χ4n) is 5.38. The van der Waals surface area contributed by atoms with Gasteiger partial charge in [-0.25, -0.2) is 4.79 Å². The number of β-lactam (4-membered cyclic amide) rings is 1. The summed E-state index contributed by atoms with van der Waals surface area (Å²) in [6.07, 6.45) is -0.275. The third-order valence-electron chi connectivity index (χ3n) is 7.03. The van der Waals surface area contributed by atoms with Crippen LogP contribution in [-0.2, 0) is 20.9 Å². The van der Waals surface area contributed by atoms with Crippen molar-refractivity contribution in [3.05, 3.63) is 45.5 Å². The largest absolute Gasteiger partial charge is 0.477 e. The lowest BCUT2D eigenvalue weighted by atomic mass is 9.79. The van der Waals surface area contributed by atoms with Gasteiger partial charge in [0.25, 0.3) is 0 Å². The standard InChI is InChI=1S/C24H30ClN3O5S/c1-12-19-18(13(2)29)23(31)28(19)20(24(32)33)21(12)34-15-9-17(22(30)26(3)4)27(11-15)10-14-7-5-6-8-16(14)25/h5-8,12-13,15,17-19,29H,9-11H2,1-4H3,(H,32,33)/t12-,13-,15+,17+,18-,19-/m1/s1. The van der Waals surface area contributed by atoms with Crippen LogP contribution in [0.5, 0.6) is 0 Å². The number of thioether (sulfide) groups is 1. The smallest absolute Gasteiger partial charge is 0.353 e. The van der Waals surface area contributed by atoms with Gasteiger partial charge in [-0.2, -0.15) is 0 Å². The third-order valence-corrected chi connectivity index (χ3v) is 8.89. The van der Waals surface area contributed by atoms with Crippen LogP contribution >= 0.6 is 23.4 Å². The molecule has 1 aromatic rings. The van der Waals surface area contributed by atoms with Crippen molar-refractivity contribution in [2.24, 2.45) is 11.8 Å². The van der Waals surface area contributed by atoms with Gasteiger partial charge in [-0.3, -0.25) is 14.5 Å². The predicted molar refractivity (Wildman–Crippen MR) is 130 cm³/mol. The highest BCUT2D eigenvalue weighted by Crippen LogP contribution is 2.52. The van der Waals surface area contributed by atoms with E-state index in [-0.39, 0.29) is 40.8 Å². The maximum atomic E-state index is 13.0. The van der Waals surface area contributed by atoms with Crippen LogP contribution in [0.15, 0.2) is 34.9 Å². The molecule has 10 heteroatoms. The van der Waals surface area contributed by atoms with Gasteiger partial charge in [0.1, 0.15) is 5.70 Å². The molecule has 8 nitrogen and oxygen atoms in total. The number of aliphatic hydroxyl groups is 1. The van der Waals surface area contributed by atoms with Gasteiger partial charge in [0.05, 0.1) is 24.1 Å². The van der Waals surface area contributed by atoms with E-state index in [4.69, 9.17) is 11.6 Å². The van der Waals surface area contributed by atoms with E-state index in [1.165, 1.54) is 16.7 Å². The van der Waals surface area contributed by atoms with Gasteiger partial charge in [0, 0.05) is 48.3 Å². The second-order valence-corrected chi connectivity index (χ2v) is 11.3. The molecule has 6 atom stereocenters. The first-order valence-electron chi connectivity index (χ1n) is 11.4. The van der Waals surface area contributed by atoms with Crippen LogP contribution in [0.1, 0.15) is 25.8 Å². The van der Waals surface area contributed by atoms with Crippen LogP contribution in [0.25, 0.3) is 0 Å². The van der Waals surface area contributed by atoms with Crippen LogP contribution < -0.4 is 0 Å².